The van der Waals surface area contributed by atoms with Crippen LogP contribution in [-0.2, 0) is 17.8 Å². The summed E-state index contributed by atoms with van der Waals surface area (Å²) in [6.45, 7) is 2.13. The Morgan fingerprint density at radius 1 is 1.19 bits per heavy atom. The highest BCUT2D eigenvalue weighted by Crippen LogP contribution is 2.24. The van der Waals surface area contributed by atoms with Crippen molar-refractivity contribution in [1.82, 2.24) is 9.88 Å². The third-order valence-electron chi connectivity index (χ3n) is 4.47. The first-order chi connectivity index (χ1) is 12.4. The summed E-state index contributed by atoms with van der Waals surface area (Å²) in [4.78, 5) is 17.3. The number of carbonyl (C=O) groups is 1. The molecule has 1 amide bonds. The number of hydrogen-bond donors (Lipinski definition) is 1. The molecule has 0 spiro atoms. The topological polar surface area (TPSA) is 45.3 Å². The number of carbonyl (C=O) groups excluding carboxylic acids is 1. The normalized spacial score (nSPS) is 11.0. The minimum atomic E-state index is -0.464. The molecule has 0 bridgehead atoms. The maximum Gasteiger partial charge on any atom is 0.227 e. The van der Waals surface area contributed by atoms with Crippen molar-refractivity contribution in [3.05, 3.63) is 64.9 Å². The molecule has 0 aliphatic rings. The molecule has 0 fully saturated rings. The molecule has 0 saturated heterocycles. The molecule has 0 unspecified atom stereocenters. The third-order valence-corrected chi connectivity index (χ3v) is 4.47. The Balaban J connectivity index is 1.76. The van der Waals surface area contributed by atoms with E-state index in [1.54, 1.807) is 19.2 Å². The van der Waals surface area contributed by atoms with Crippen molar-refractivity contribution >= 4 is 16.8 Å². The van der Waals surface area contributed by atoms with E-state index in [-0.39, 0.29) is 30.4 Å². The highest BCUT2D eigenvalue weighted by atomic mass is 19.1. The average molecular weight is 358 g/mol. The average Bonchev–Trinajstić information content (AvgIpc) is 2.90. The summed E-state index contributed by atoms with van der Waals surface area (Å²) in [6.07, 6.45) is 0.143. The number of hydrogen-bond acceptors (Lipinski definition) is 2. The van der Waals surface area contributed by atoms with Gasteiger partial charge in [0.2, 0.25) is 5.91 Å². The molecule has 1 aromatic heterocycles. The number of amides is 1. The zero-order chi connectivity index (χ0) is 18.8. The summed E-state index contributed by atoms with van der Waals surface area (Å²) in [6, 6.07) is 9.09. The lowest BCUT2D eigenvalue weighted by atomic mass is 10.1. The van der Waals surface area contributed by atoms with Gasteiger partial charge in [0.1, 0.15) is 5.82 Å². The van der Waals surface area contributed by atoms with Gasteiger partial charge in [-0.3, -0.25) is 4.79 Å². The van der Waals surface area contributed by atoms with Crippen LogP contribution >= 0.6 is 0 Å². The summed E-state index contributed by atoms with van der Waals surface area (Å²) in [5.41, 5.74) is 3.08. The van der Waals surface area contributed by atoms with Gasteiger partial charge in [-0.25, -0.2) is 8.78 Å². The van der Waals surface area contributed by atoms with Crippen LogP contribution in [-0.4, -0.2) is 29.9 Å². The number of likely N-dealkylation sites (N-methyl/N-ethyl adjacent to an activating group) is 1. The number of ether oxygens (including phenoxy) is 1. The summed E-state index contributed by atoms with van der Waals surface area (Å²) >= 11 is 0. The molecule has 1 N–H and O–H groups in total. The zero-order valence-electron chi connectivity index (χ0n) is 14.9. The predicted octanol–water partition coefficient (Wildman–Crippen LogP) is 3.96. The van der Waals surface area contributed by atoms with Crippen LogP contribution in [0.4, 0.5) is 8.78 Å². The molecule has 136 valence electrons. The largest absolute Gasteiger partial charge is 0.494 e. The van der Waals surface area contributed by atoms with Gasteiger partial charge in [-0.2, -0.15) is 0 Å². The van der Waals surface area contributed by atoms with Crippen molar-refractivity contribution in [2.45, 2.75) is 19.9 Å². The Bertz CT molecular complexity index is 966. The van der Waals surface area contributed by atoms with Gasteiger partial charge in [0, 0.05) is 30.2 Å². The van der Waals surface area contributed by atoms with Crippen LogP contribution in [0.25, 0.3) is 10.9 Å². The van der Waals surface area contributed by atoms with Gasteiger partial charge in [0.05, 0.1) is 13.5 Å². The lowest BCUT2D eigenvalue weighted by molar-refractivity contribution is -0.129. The number of fused-ring (bicyclic) bond motifs is 1. The fourth-order valence-corrected chi connectivity index (χ4v) is 3.04. The van der Waals surface area contributed by atoms with E-state index in [9.17, 15) is 13.6 Å². The van der Waals surface area contributed by atoms with E-state index in [1.807, 2.05) is 6.92 Å². The Morgan fingerprint density at radius 2 is 1.96 bits per heavy atom. The SMILES string of the molecule is COc1ccc(CN(C)C(=O)Cc2c(C)[nH]c3ccc(F)cc23)cc1F. The molecule has 26 heavy (non-hydrogen) atoms. The lowest BCUT2D eigenvalue weighted by Gasteiger charge is -2.18. The number of aromatic nitrogens is 1. The minimum absolute atomic E-state index is 0.130. The highest BCUT2D eigenvalue weighted by Gasteiger charge is 2.17. The molecule has 4 nitrogen and oxygen atoms in total. The second kappa shape index (κ2) is 7.15. The first kappa shape index (κ1) is 17.9. The van der Waals surface area contributed by atoms with Crippen LogP contribution < -0.4 is 4.74 Å². The smallest absolute Gasteiger partial charge is 0.227 e. The fraction of sp³-hybridized carbons (Fsp3) is 0.250. The van der Waals surface area contributed by atoms with Crippen molar-refractivity contribution in [3.63, 3.8) is 0 Å². The van der Waals surface area contributed by atoms with Gasteiger partial charge in [0.15, 0.2) is 11.6 Å². The van der Waals surface area contributed by atoms with Crippen LogP contribution in [0.2, 0.25) is 0 Å². The lowest BCUT2D eigenvalue weighted by Crippen LogP contribution is -2.27. The first-order valence-electron chi connectivity index (χ1n) is 8.22. The van der Waals surface area contributed by atoms with Gasteiger partial charge >= 0.3 is 0 Å². The Morgan fingerprint density at radius 3 is 2.65 bits per heavy atom. The van der Waals surface area contributed by atoms with Crippen LogP contribution in [0.1, 0.15) is 16.8 Å². The molecule has 2 aromatic carbocycles. The number of nitrogens with one attached hydrogen (secondary N) is 1. The second-order valence-corrected chi connectivity index (χ2v) is 6.31. The molecule has 6 heteroatoms. The number of nitrogens with zero attached hydrogens (tertiary/aromatic N) is 1. The number of methoxy groups -OCH3 is 1. The maximum absolute atomic E-state index is 13.8. The van der Waals surface area contributed by atoms with Crippen molar-refractivity contribution < 1.29 is 18.3 Å². The standard InChI is InChI=1S/C20H20F2N2O2/c1-12-15(16-9-14(21)5-6-18(16)23-12)10-20(25)24(2)11-13-4-7-19(26-3)17(22)8-13/h4-9,23H,10-11H2,1-3H3. The van der Waals surface area contributed by atoms with E-state index in [0.717, 1.165) is 16.8 Å². The zero-order valence-corrected chi connectivity index (χ0v) is 14.9. The van der Waals surface area contributed by atoms with E-state index >= 15 is 0 Å². The van der Waals surface area contributed by atoms with E-state index in [2.05, 4.69) is 4.98 Å². The molecule has 1 heterocycles. The minimum Gasteiger partial charge on any atom is -0.494 e. The molecule has 0 saturated carbocycles. The van der Waals surface area contributed by atoms with Crippen LogP contribution in [0, 0.1) is 18.6 Å². The summed E-state index contributed by atoms with van der Waals surface area (Å²) < 4.78 is 32.3. The van der Waals surface area contributed by atoms with Gasteiger partial charge < -0.3 is 14.6 Å². The van der Waals surface area contributed by atoms with E-state index < -0.39 is 5.82 Å². The van der Waals surface area contributed by atoms with E-state index in [0.29, 0.717) is 10.9 Å². The van der Waals surface area contributed by atoms with Crippen LogP contribution in [0.3, 0.4) is 0 Å². The van der Waals surface area contributed by atoms with E-state index in [4.69, 9.17) is 4.74 Å². The fourth-order valence-electron chi connectivity index (χ4n) is 3.04. The molecular formula is C20H20F2N2O2. The summed E-state index contributed by atoms with van der Waals surface area (Å²) in [5.74, 6) is -0.769. The van der Waals surface area contributed by atoms with Crippen molar-refractivity contribution in [1.29, 1.82) is 0 Å². The molecule has 0 aliphatic heterocycles. The number of aromatic amines is 1. The number of benzene rings is 2. The Hall–Kier alpha value is -2.89. The van der Waals surface area contributed by atoms with Crippen LogP contribution in [0.15, 0.2) is 36.4 Å². The molecular weight excluding hydrogens is 338 g/mol. The number of rotatable bonds is 5. The summed E-state index contributed by atoms with van der Waals surface area (Å²) in [7, 11) is 3.06. The Labute approximate surface area is 150 Å². The molecule has 3 aromatic rings. The van der Waals surface area contributed by atoms with Gasteiger partial charge in [-0.1, -0.05) is 6.07 Å². The van der Waals surface area contributed by atoms with Gasteiger partial charge in [0.25, 0.3) is 0 Å². The summed E-state index contributed by atoms with van der Waals surface area (Å²) in [5, 5.41) is 0.708. The first-order valence-corrected chi connectivity index (χ1v) is 8.22. The van der Waals surface area contributed by atoms with E-state index in [1.165, 1.54) is 36.3 Å². The van der Waals surface area contributed by atoms with Crippen molar-refractivity contribution in [2.75, 3.05) is 14.2 Å². The highest BCUT2D eigenvalue weighted by molar-refractivity contribution is 5.90. The maximum atomic E-state index is 13.8. The molecule has 3 rings (SSSR count). The molecule has 0 aliphatic carbocycles. The Kier molecular flexibility index (Phi) is 4.93. The number of halogens is 2. The van der Waals surface area contributed by atoms with Crippen LogP contribution in [0.5, 0.6) is 5.75 Å². The third kappa shape index (κ3) is 3.54. The second-order valence-electron chi connectivity index (χ2n) is 6.31. The van der Waals surface area contributed by atoms with Crippen molar-refractivity contribution in [3.8, 4) is 5.75 Å². The quantitative estimate of drug-likeness (QED) is 0.750. The predicted molar refractivity (Wildman–Crippen MR) is 96.1 cm³/mol. The van der Waals surface area contributed by atoms with Crippen molar-refractivity contribution in [2.24, 2.45) is 0 Å². The monoisotopic (exact) mass is 358 g/mol. The van der Waals surface area contributed by atoms with Gasteiger partial charge in [-0.05, 0) is 48.4 Å². The van der Waals surface area contributed by atoms with Gasteiger partial charge in [-0.15, -0.1) is 0 Å². The number of aryl methyl sites for hydroxylation is 1. The number of H-pyrrole nitrogens is 1. The molecule has 0 atom stereocenters. The molecule has 0 radical (unpaired) electrons.